The highest BCUT2D eigenvalue weighted by Gasteiger charge is 2.22. The molecule has 11 heteroatoms. The summed E-state index contributed by atoms with van der Waals surface area (Å²) < 4.78 is 26.2. The van der Waals surface area contributed by atoms with E-state index in [9.17, 15) is 24.4 Å². The number of carbonyl (C=O) groups is 2. The van der Waals surface area contributed by atoms with Crippen LogP contribution in [0.2, 0.25) is 0 Å². The van der Waals surface area contributed by atoms with Gasteiger partial charge in [-0.15, -0.1) is 0 Å². The second-order valence-corrected chi connectivity index (χ2v) is 14.5. The van der Waals surface area contributed by atoms with Crippen LogP contribution in [0.15, 0.2) is 85.1 Å². The van der Waals surface area contributed by atoms with Crippen LogP contribution < -0.4 is 0 Å². The lowest BCUT2D eigenvalue weighted by molar-refractivity contribution is -0.161. The molecule has 0 rings (SSSR count). The number of carbonyl (C=O) groups excluding carboxylic acids is 2. The van der Waals surface area contributed by atoms with Crippen LogP contribution in [0.3, 0.4) is 0 Å². The van der Waals surface area contributed by atoms with Gasteiger partial charge < -0.3 is 29.5 Å². The molecule has 0 spiro atoms. The Balaban J connectivity index is 4.24. The second kappa shape index (κ2) is 37.1. The lowest BCUT2D eigenvalue weighted by Crippen LogP contribution is -2.29. The van der Waals surface area contributed by atoms with Gasteiger partial charge in [0.25, 0.3) is 0 Å². The molecule has 0 aliphatic rings. The zero-order valence-corrected chi connectivity index (χ0v) is 34.0. The largest absolute Gasteiger partial charge is 0.469 e. The third-order valence-electron chi connectivity index (χ3n) is 8.07. The molecule has 0 aromatic rings. The van der Waals surface area contributed by atoms with E-state index in [0.717, 1.165) is 44.9 Å². The van der Waals surface area contributed by atoms with E-state index < -0.39 is 44.7 Å². The zero-order chi connectivity index (χ0) is 40.0. The summed E-state index contributed by atoms with van der Waals surface area (Å²) in [6, 6.07) is 0. The van der Waals surface area contributed by atoms with Crippen molar-refractivity contribution in [3.63, 3.8) is 0 Å². The lowest BCUT2D eigenvalue weighted by Gasteiger charge is -2.18. The fraction of sp³-hybridized carbons (Fsp3) is 0.628. The highest BCUT2D eigenvalue weighted by molar-refractivity contribution is 7.46. The second-order valence-electron chi connectivity index (χ2n) is 13.3. The van der Waals surface area contributed by atoms with Gasteiger partial charge in [-0.25, -0.2) is 4.57 Å². The number of hydrogen-bond donors (Lipinski definition) is 4. The third-order valence-corrected chi connectivity index (χ3v) is 8.56. The number of aliphatic hydroxyl groups is 2. The summed E-state index contributed by atoms with van der Waals surface area (Å²) in [6.45, 7) is 3.30. The van der Waals surface area contributed by atoms with Gasteiger partial charge in [0.2, 0.25) is 0 Å². The highest BCUT2D eigenvalue weighted by Crippen LogP contribution is 2.36. The van der Waals surface area contributed by atoms with Gasteiger partial charge in [0.1, 0.15) is 6.61 Å². The van der Waals surface area contributed by atoms with Gasteiger partial charge >= 0.3 is 19.8 Å². The van der Waals surface area contributed by atoms with Crippen molar-refractivity contribution in [3.8, 4) is 0 Å². The van der Waals surface area contributed by atoms with Crippen molar-refractivity contribution in [3.05, 3.63) is 85.1 Å². The van der Waals surface area contributed by atoms with Gasteiger partial charge in [-0.3, -0.25) is 14.1 Å². The summed E-state index contributed by atoms with van der Waals surface area (Å²) in [4.78, 5) is 42.8. The van der Waals surface area contributed by atoms with Crippen LogP contribution >= 0.6 is 7.82 Å². The van der Waals surface area contributed by atoms with Gasteiger partial charge in [-0.1, -0.05) is 150 Å². The van der Waals surface area contributed by atoms with Crippen LogP contribution in [0, 0.1) is 0 Å². The minimum Gasteiger partial charge on any atom is -0.462 e. The van der Waals surface area contributed by atoms with Crippen LogP contribution in [-0.4, -0.2) is 63.5 Å². The monoisotopic (exact) mass is 778 g/mol. The molecule has 3 atom stereocenters. The van der Waals surface area contributed by atoms with Crippen molar-refractivity contribution in [1.29, 1.82) is 0 Å². The van der Waals surface area contributed by atoms with E-state index in [1.165, 1.54) is 38.5 Å². The van der Waals surface area contributed by atoms with Gasteiger partial charge in [-0.05, 0) is 64.2 Å². The Bertz CT molecular complexity index is 1180. The van der Waals surface area contributed by atoms with Crippen molar-refractivity contribution in [1.82, 2.24) is 0 Å². The molecule has 0 radical (unpaired) electrons. The average molecular weight is 779 g/mol. The molecule has 0 aliphatic carbocycles. The first-order chi connectivity index (χ1) is 26.1. The molecular formula is C43H71O10P. The average Bonchev–Trinajstić information content (AvgIpc) is 3.13. The molecule has 4 N–H and O–H groups in total. The number of phosphoric acid groups is 1. The zero-order valence-electron chi connectivity index (χ0n) is 33.1. The van der Waals surface area contributed by atoms with Gasteiger partial charge in [-0.2, -0.15) is 0 Å². The predicted molar refractivity (Wildman–Crippen MR) is 219 cm³/mol. The minimum absolute atomic E-state index is 0.0749. The SMILES string of the molecule is CC/C=C\C[C@@H](O)/C=C/C=C\C/C=C\C=C\[C@@H](O)/C=C\CCCC(=O)OC[C@H](COP(=O)(O)O)OC(=O)CCCCCCC/C=C\CCCCCCCC. The van der Waals surface area contributed by atoms with Crippen molar-refractivity contribution >= 4 is 19.8 Å². The number of unbranched alkanes of at least 4 members (excludes halogenated alkanes) is 12. The maximum absolute atomic E-state index is 12.4. The van der Waals surface area contributed by atoms with E-state index in [2.05, 4.69) is 30.5 Å². The molecule has 0 unspecified atom stereocenters. The molecule has 0 aromatic carbocycles. The van der Waals surface area contributed by atoms with Crippen LogP contribution in [0.25, 0.3) is 0 Å². The van der Waals surface area contributed by atoms with E-state index in [1.54, 1.807) is 30.4 Å². The molecule has 54 heavy (non-hydrogen) atoms. The molecule has 0 saturated carbocycles. The topological polar surface area (TPSA) is 160 Å². The van der Waals surface area contributed by atoms with E-state index in [1.807, 2.05) is 42.5 Å². The number of esters is 2. The number of rotatable bonds is 35. The summed E-state index contributed by atoms with van der Waals surface area (Å²) in [7, 11) is -4.81. The first-order valence-corrected chi connectivity index (χ1v) is 21.6. The molecule has 0 aromatic heterocycles. The molecule has 10 nitrogen and oxygen atoms in total. The Morgan fingerprint density at radius 3 is 1.85 bits per heavy atom. The van der Waals surface area contributed by atoms with E-state index >= 15 is 0 Å². The van der Waals surface area contributed by atoms with Gasteiger partial charge in [0.05, 0.1) is 18.8 Å². The molecule has 0 saturated heterocycles. The van der Waals surface area contributed by atoms with Crippen LogP contribution in [-0.2, 0) is 28.2 Å². The highest BCUT2D eigenvalue weighted by atomic mass is 31.2. The Morgan fingerprint density at radius 1 is 0.611 bits per heavy atom. The van der Waals surface area contributed by atoms with Crippen molar-refractivity contribution in [2.24, 2.45) is 0 Å². The molecule has 0 fully saturated rings. The number of phosphoric ester groups is 1. The van der Waals surface area contributed by atoms with Crippen molar-refractivity contribution in [2.75, 3.05) is 13.2 Å². The predicted octanol–water partition coefficient (Wildman–Crippen LogP) is 10.0. The number of allylic oxidation sites excluding steroid dienone is 10. The van der Waals surface area contributed by atoms with Crippen LogP contribution in [0.1, 0.15) is 142 Å². The summed E-state index contributed by atoms with van der Waals surface area (Å²) in [5.74, 6) is -1.09. The fourth-order valence-corrected chi connectivity index (χ4v) is 5.41. The summed E-state index contributed by atoms with van der Waals surface area (Å²) in [5, 5.41) is 19.9. The molecule has 0 amide bonds. The van der Waals surface area contributed by atoms with Crippen LogP contribution in [0.5, 0.6) is 0 Å². The first kappa shape index (κ1) is 51.1. The molecule has 0 aliphatic heterocycles. The molecule has 0 bridgehead atoms. The fourth-order valence-electron chi connectivity index (χ4n) is 5.05. The molecular weight excluding hydrogens is 707 g/mol. The molecule has 0 heterocycles. The Morgan fingerprint density at radius 2 is 1.20 bits per heavy atom. The maximum atomic E-state index is 12.4. The van der Waals surface area contributed by atoms with Crippen LogP contribution in [0.4, 0.5) is 0 Å². The number of hydrogen-bond acceptors (Lipinski definition) is 8. The summed E-state index contributed by atoms with van der Waals surface area (Å²) in [6.07, 6.45) is 42.3. The number of aliphatic hydroxyl groups excluding tert-OH is 2. The Kier molecular flexibility index (Phi) is 35.1. The Labute approximate surface area is 326 Å². The summed E-state index contributed by atoms with van der Waals surface area (Å²) in [5.41, 5.74) is 0. The normalized spacial score (nSPS) is 14.6. The van der Waals surface area contributed by atoms with Crippen molar-refractivity contribution < 1.29 is 48.2 Å². The first-order valence-electron chi connectivity index (χ1n) is 20.1. The summed E-state index contributed by atoms with van der Waals surface area (Å²) >= 11 is 0. The maximum Gasteiger partial charge on any atom is 0.469 e. The lowest BCUT2D eigenvalue weighted by atomic mass is 10.1. The smallest absolute Gasteiger partial charge is 0.462 e. The Hall–Kier alpha value is -2.85. The van der Waals surface area contributed by atoms with Gasteiger partial charge in [0.15, 0.2) is 6.10 Å². The van der Waals surface area contributed by atoms with E-state index in [-0.39, 0.29) is 19.4 Å². The third kappa shape index (κ3) is 38.9. The van der Waals surface area contributed by atoms with E-state index in [4.69, 9.17) is 19.3 Å². The quantitative estimate of drug-likeness (QED) is 0.0160. The minimum atomic E-state index is -4.81. The van der Waals surface area contributed by atoms with Gasteiger partial charge in [0, 0.05) is 12.8 Å². The molecule has 308 valence electrons. The van der Waals surface area contributed by atoms with E-state index in [0.29, 0.717) is 32.1 Å². The standard InChI is InChI=1S/C43H71O10P/c1-3-5-7-8-9-10-11-12-13-14-15-16-20-23-29-36-43(47)53-41(38-52-54(48,49)50)37-51-42(46)35-30-24-28-34-40(45)33-27-22-19-17-18-21-26-32-39(44)31-25-6-4-2/h6,12-13,18-19,21-22,25-28,32-34,39-41,44-45H,3-5,7-11,14-17,20,23-24,29-31,35-38H2,1-2H3,(H2,48,49,50)/b13-12-,21-18-,22-19-,25-6-,32-26+,33-27+,34-28-/t39-,40-,41-/m1/s1. The van der Waals surface area contributed by atoms with Crippen molar-refractivity contribution in [2.45, 2.75) is 161 Å². The number of ether oxygens (including phenoxy) is 2.